The minimum Gasteiger partial charge on any atom is -0.489 e. The number of benzene rings is 2. The summed E-state index contributed by atoms with van der Waals surface area (Å²) in [5.74, 6) is 0.378. The van der Waals surface area contributed by atoms with E-state index in [1.54, 1.807) is 42.5 Å². The molecule has 0 saturated carbocycles. The molecule has 100 valence electrons. The number of halogens is 1. The van der Waals surface area contributed by atoms with Crippen LogP contribution in [0.5, 0.6) is 5.75 Å². The number of hydrogen-bond donors (Lipinski definition) is 2. The van der Waals surface area contributed by atoms with E-state index in [-0.39, 0.29) is 12.1 Å². The molecular weight excluding hydrogens is 276 g/mol. The summed E-state index contributed by atoms with van der Waals surface area (Å²) >= 11 is 6.05. The second-order valence-corrected chi connectivity index (χ2v) is 4.53. The highest BCUT2D eigenvalue weighted by Gasteiger charge is 2.16. The van der Waals surface area contributed by atoms with E-state index in [1.165, 1.54) is 0 Å². The predicted octanol–water partition coefficient (Wildman–Crippen LogP) is 1.47. The fraction of sp³-hybridized carbons (Fsp3) is 0.0714. The smallest absolute Gasteiger partial charge is 0.489 e. The molecule has 6 heteroatoms. The second-order valence-electron chi connectivity index (χ2n) is 4.12. The SMILES string of the molecule is N#Cc1ccc(COc2ccccc2B(O)O)c(Cl)c1. The third-order valence-corrected chi connectivity index (χ3v) is 3.11. The molecule has 0 aliphatic carbocycles. The first kappa shape index (κ1) is 14.4. The highest BCUT2D eigenvalue weighted by atomic mass is 35.5. The van der Waals surface area contributed by atoms with E-state index in [4.69, 9.17) is 21.6 Å². The molecule has 2 aromatic rings. The maximum atomic E-state index is 9.24. The molecule has 0 heterocycles. The lowest BCUT2D eigenvalue weighted by Crippen LogP contribution is -2.31. The van der Waals surface area contributed by atoms with E-state index in [0.29, 0.717) is 21.9 Å². The molecular formula is C14H11BClNO3. The average molecular weight is 288 g/mol. The molecule has 0 radical (unpaired) electrons. The molecule has 2 aromatic carbocycles. The first-order chi connectivity index (χ1) is 9.61. The van der Waals surface area contributed by atoms with Crippen LogP contribution in [0.25, 0.3) is 0 Å². The molecule has 0 aliphatic rings. The molecule has 0 atom stereocenters. The number of ether oxygens (including phenoxy) is 1. The molecule has 20 heavy (non-hydrogen) atoms. The Morgan fingerprint density at radius 3 is 2.60 bits per heavy atom. The molecule has 0 bridgehead atoms. The summed E-state index contributed by atoms with van der Waals surface area (Å²) in [6.45, 7) is 0.175. The molecule has 4 nitrogen and oxygen atoms in total. The van der Waals surface area contributed by atoms with Crippen molar-refractivity contribution in [2.24, 2.45) is 0 Å². The van der Waals surface area contributed by atoms with Crippen molar-refractivity contribution in [3.05, 3.63) is 58.6 Å². The Kier molecular flexibility index (Phi) is 4.64. The summed E-state index contributed by atoms with van der Waals surface area (Å²) in [6, 6.07) is 13.6. The monoisotopic (exact) mass is 287 g/mol. The van der Waals surface area contributed by atoms with Gasteiger partial charge in [-0.1, -0.05) is 35.9 Å². The van der Waals surface area contributed by atoms with Crippen LogP contribution in [0.3, 0.4) is 0 Å². The van der Waals surface area contributed by atoms with Crippen molar-refractivity contribution in [1.82, 2.24) is 0 Å². The Morgan fingerprint density at radius 2 is 1.95 bits per heavy atom. The minimum absolute atomic E-state index is 0.175. The number of para-hydroxylation sites is 1. The van der Waals surface area contributed by atoms with Gasteiger partial charge in [-0.25, -0.2) is 0 Å². The van der Waals surface area contributed by atoms with Crippen molar-refractivity contribution in [3.8, 4) is 11.8 Å². The number of nitriles is 1. The van der Waals surface area contributed by atoms with Crippen molar-refractivity contribution in [3.63, 3.8) is 0 Å². The van der Waals surface area contributed by atoms with Gasteiger partial charge in [-0.2, -0.15) is 5.26 Å². The van der Waals surface area contributed by atoms with E-state index >= 15 is 0 Å². The van der Waals surface area contributed by atoms with Gasteiger partial charge in [0.2, 0.25) is 0 Å². The maximum absolute atomic E-state index is 9.24. The van der Waals surface area contributed by atoms with Crippen LogP contribution in [0.4, 0.5) is 0 Å². The van der Waals surface area contributed by atoms with E-state index < -0.39 is 7.12 Å². The van der Waals surface area contributed by atoms with Gasteiger partial charge in [0.1, 0.15) is 12.4 Å². The third-order valence-electron chi connectivity index (χ3n) is 2.76. The summed E-state index contributed by atoms with van der Waals surface area (Å²) in [5.41, 5.74) is 1.48. The molecule has 0 saturated heterocycles. The van der Waals surface area contributed by atoms with Crippen LogP contribution in [0.2, 0.25) is 5.02 Å². The zero-order valence-electron chi connectivity index (χ0n) is 10.5. The van der Waals surface area contributed by atoms with Crippen molar-refractivity contribution in [2.75, 3.05) is 0 Å². The quantitative estimate of drug-likeness (QED) is 0.835. The van der Waals surface area contributed by atoms with Gasteiger partial charge < -0.3 is 14.8 Å². The average Bonchev–Trinajstić information content (AvgIpc) is 2.46. The van der Waals surface area contributed by atoms with E-state index in [0.717, 1.165) is 0 Å². The molecule has 0 fully saturated rings. The predicted molar refractivity (Wildman–Crippen MR) is 76.8 cm³/mol. The molecule has 0 amide bonds. The zero-order chi connectivity index (χ0) is 14.5. The summed E-state index contributed by atoms with van der Waals surface area (Å²) in [4.78, 5) is 0. The molecule has 0 unspecified atom stereocenters. The van der Waals surface area contributed by atoms with E-state index in [1.807, 2.05) is 6.07 Å². The van der Waals surface area contributed by atoms with E-state index in [9.17, 15) is 10.0 Å². The van der Waals surface area contributed by atoms with Crippen LogP contribution >= 0.6 is 11.6 Å². The summed E-state index contributed by atoms with van der Waals surface area (Å²) in [6.07, 6.45) is 0. The molecule has 2 rings (SSSR count). The lowest BCUT2D eigenvalue weighted by molar-refractivity contribution is 0.307. The number of rotatable bonds is 4. The van der Waals surface area contributed by atoms with Crippen LogP contribution < -0.4 is 10.2 Å². The number of nitrogens with zero attached hydrogens (tertiary/aromatic N) is 1. The van der Waals surface area contributed by atoms with Gasteiger partial charge in [0.25, 0.3) is 0 Å². The first-order valence-corrected chi connectivity index (χ1v) is 6.26. The Bertz CT molecular complexity index is 655. The van der Waals surface area contributed by atoms with Crippen LogP contribution in [-0.4, -0.2) is 17.2 Å². The number of hydrogen-bond acceptors (Lipinski definition) is 4. The Hall–Kier alpha value is -2.00. The van der Waals surface area contributed by atoms with Crippen molar-refractivity contribution >= 4 is 24.2 Å². The molecule has 0 aromatic heterocycles. The van der Waals surface area contributed by atoms with Gasteiger partial charge in [0.05, 0.1) is 11.6 Å². The minimum atomic E-state index is -1.59. The largest absolute Gasteiger partial charge is 0.492 e. The molecule has 0 aliphatic heterocycles. The normalized spacial score (nSPS) is 9.90. The highest BCUT2D eigenvalue weighted by molar-refractivity contribution is 6.59. The zero-order valence-corrected chi connectivity index (χ0v) is 11.2. The van der Waals surface area contributed by atoms with Crippen molar-refractivity contribution in [2.45, 2.75) is 6.61 Å². The lowest BCUT2D eigenvalue weighted by Gasteiger charge is -2.11. The topological polar surface area (TPSA) is 73.5 Å². The second kappa shape index (κ2) is 6.44. The molecule has 0 spiro atoms. The van der Waals surface area contributed by atoms with Crippen LogP contribution in [0, 0.1) is 11.3 Å². The van der Waals surface area contributed by atoms with Gasteiger partial charge in [-0.05, 0) is 18.2 Å². The summed E-state index contributed by atoms with van der Waals surface area (Å²) < 4.78 is 5.55. The van der Waals surface area contributed by atoms with Gasteiger partial charge in [0.15, 0.2) is 0 Å². The fourth-order valence-corrected chi connectivity index (χ4v) is 1.95. The maximum Gasteiger partial charge on any atom is 0.492 e. The van der Waals surface area contributed by atoms with Crippen LogP contribution in [-0.2, 0) is 6.61 Å². The van der Waals surface area contributed by atoms with Gasteiger partial charge in [0, 0.05) is 16.0 Å². The van der Waals surface area contributed by atoms with Crippen LogP contribution in [0.1, 0.15) is 11.1 Å². The van der Waals surface area contributed by atoms with Gasteiger partial charge in [-0.3, -0.25) is 0 Å². The standard InChI is InChI=1S/C14H11BClNO3/c16-13-7-10(8-17)5-6-11(13)9-20-14-4-2-1-3-12(14)15(18)19/h1-7,18-19H,9H2. The van der Waals surface area contributed by atoms with E-state index in [2.05, 4.69) is 0 Å². The van der Waals surface area contributed by atoms with Crippen molar-refractivity contribution in [1.29, 1.82) is 5.26 Å². The molecule has 2 N–H and O–H groups in total. The fourth-order valence-electron chi connectivity index (χ4n) is 1.71. The van der Waals surface area contributed by atoms with Gasteiger partial charge >= 0.3 is 7.12 Å². The van der Waals surface area contributed by atoms with Crippen molar-refractivity contribution < 1.29 is 14.8 Å². The third kappa shape index (κ3) is 3.31. The Morgan fingerprint density at radius 1 is 1.20 bits per heavy atom. The highest BCUT2D eigenvalue weighted by Crippen LogP contribution is 2.19. The summed E-state index contributed by atoms with van der Waals surface area (Å²) in [5, 5.41) is 27.7. The van der Waals surface area contributed by atoms with Gasteiger partial charge in [-0.15, -0.1) is 0 Å². The Labute approximate surface area is 122 Å². The Balaban J connectivity index is 2.15. The van der Waals surface area contributed by atoms with Crippen LogP contribution in [0.15, 0.2) is 42.5 Å². The first-order valence-electron chi connectivity index (χ1n) is 5.88. The summed E-state index contributed by atoms with van der Waals surface area (Å²) in [7, 11) is -1.59. The lowest BCUT2D eigenvalue weighted by atomic mass is 9.79.